The molecular formula is C23H26N2O3. The fraction of sp³-hybridized carbons (Fsp3) is 0.391. The zero-order valence-electron chi connectivity index (χ0n) is 16.7. The lowest BCUT2D eigenvalue weighted by Gasteiger charge is -2.39. The number of benzene rings is 2. The Kier molecular flexibility index (Phi) is 4.61. The van der Waals surface area contributed by atoms with Crippen LogP contribution < -0.4 is 14.5 Å². The Morgan fingerprint density at radius 3 is 2.75 bits per heavy atom. The van der Waals surface area contributed by atoms with Gasteiger partial charge in [0.15, 0.2) is 5.60 Å². The summed E-state index contributed by atoms with van der Waals surface area (Å²) in [5.74, 6) is 0.627. The number of carbonyl (C=O) groups is 2. The zero-order chi connectivity index (χ0) is 19.9. The summed E-state index contributed by atoms with van der Waals surface area (Å²) in [5.41, 5.74) is 3.07. The van der Waals surface area contributed by atoms with E-state index in [-0.39, 0.29) is 18.2 Å². The molecule has 0 saturated carbocycles. The van der Waals surface area contributed by atoms with Crippen molar-refractivity contribution in [2.24, 2.45) is 0 Å². The molecule has 0 saturated heterocycles. The summed E-state index contributed by atoms with van der Waals surface area (Å²) in [7, 11) is 0. The summed E-state index contributed by atoms with van der Waals surface area (Å²) in [6.07, 6.45) is 2.25. The molecule has 0 unspecified atom stereocenters. The number of anilines is 2. The van der Waals surface area contributed by atoms with Crippen LogP contribution in [-0.2, 0) is 16.0 Å². The molecule has 146 valence electrons. The molecule has 28 heavy (non-hydrogen) atoms. The van der Waals surface area contributed by atoms with Crippen LogP contribution in [0.25, 0.3) is 0 Å². The molecule has 2 aliphatic heterocycles. The fourth-order valence-electron chi connectivity index (χ4n) is 4.03. The van der Waals surface area contributed by atoms with Gasteiger partial charge in [0, 0.05) is 25.2 Å². The van der Waals surface area contributed by atoms with E-state index in [2.05, 4.69) is 6.07 Å². The highest BCUT2D eigenvalue weighted by Gasteiger charge is 2.41. The third kappa shape index (κ3) is 3.26. The van der Waals surface area contributed by atoms with Gasteiger partial charge >= 0.3 is 0 Å². The van der Waals surface area contributed by atoms with Crippen LogP contribution in [0.4, 0.5) is 11.4 Å². The normalized spacial score (nSPS) is 17.6. The van der Waals surface area contributed by atoms with Crippen LogP contribution in [0.15, 0.2) is 42.5 Å². The van der Waals surface area contributed by atoms with Gasteiger partial charge in [-0.1, -0.05) is 24.3 Å². The highest BCUT2D eigenvalue weighted by Crippen LogP contribution is 2.38. The molecule has 0 aliphatic carbocycles. The molecule has 0 fully saturated rings. The highest BCUT2D eigenvalue weighted by molar-refractivity contribution is 6.03. The maximum atomic E-state index is 13.0. The monoisotopic (exact) mass is 378 g/mol. The van der Waals surface area contributed by atoms with Gasteiger partial charge in [-0.25, -0.2) is 0 Å². The second-order valence-electron chi connectivity index (χ2n) is 8.07. The summed E-state index contributed by atoms with van der Waals surface area (Å²) in [5, 5.41) is 0. The van der Waals surface area contributed by atoms with E-state index in [1.165, 1.54) is 5.56 Å². The molecule has 0 N–H and O–H groups in total. The third-order valence-electron chi connectivity index (χ3n) is 5.49. The van der Waals surface area contributed by atoms with Crippen LogP contribution >= 0.6 is 0 Å². The van der Waals surface area contributed by atoms with Crippen LogP contribution in [0, 0.1) is 6.92 Å². The number of carbonyl (C=O) groups excluding carboxylic acids is 2. The lowest BCUT2D eigenvalue weighted by atomic mass is 10.0. The number of nitrogens with zero attached hydrogens (tertiary/aromatic N) is 2. The van der Waals surface area contributed by atoms with Gasteiger partial charge in [-0.05, 0) is 62.9 Å². The van der Waals surface area contributed by atoms with Gasteiger partial charge < -0.3 is 14.5 Å². The number of para-hydroxylation sites is 1. The van der Waals surface area contributed by atoms with Crippen LogP contribution in [0.1, 0.15) is 37.8 Å². The van der Waals surface area contributed by atoms with E-state index in [1.54, 1.807) is 18.7 Å². The molecule has 2 heterocycles. The maximum absolute atomic E-state index is 13.0. The number of fused-ring (bicyclic) bond motifs is 2. The van der Waals surface area contributed by atoms with Crippen molar-refractivity contribution in [1.29, 1.82) is 0 Å². The Balaban J connectivity index is 1.56. The Morgan fingerprint density at radius 2 is 1.93 bits per heavy atom. The smallest absolute Gasteiger partial charge is 0.270 e. The van der Waals surface area contributed by atoms with E-state index in [0.717, 1.165) is 36.3 Å². The molecule has 0 atom stereocenters. The zero-order valence-corrected chi connectivity index (χ0v) is 16.7. The molecule has 2 aliphatic rings. The van der Waals surface area contributed by atoms with Gasteiger partial charge in [0.05, 0.1) is 5.69 Å². The SMILES string of the molecule is Cc1ccc2c(c1)N(CCC(=O)N1CCCc3ccccc31)C(=O)C(C)(C)O2. The quantitative estimate of drug-likeness (QED) is 0.815. The summed E-state index contributed by atoms with van der Waals surface area (Å²) < 4.78 is 5.90. The topological polar surface area (TPSA) is 49.9 Å². The summed E-state index contributed by atoms with van der Waals surface area (Å²) in [6, 6.07) is 13.9. The minimum Gasteiger partial charge on any atom is -0.476 e. The van der Waals surface area contributed by atoms with E-state index < -0.39 is 5.60 Å². The van der Waals surface area contributed by atoms with E-state index in [9.17, 15) is 9.59 Å². The molecule has 2 aromatic rings. The largest absolute Gasteiger partial charge is 0.476 e. The van der Waals surface area contributed by atoms with Crippen molar-refractivity contribution in [3.05, 3.63) is 53.6 Å². The van der Waals surface area contributed by atoms with Crippen LogP contribution in [0.5, 0.6) is 5.75 Å². The molecule has 0 spiro atoms. The molecule has 0 bridgehead atoms. The van der Waals surface area contributed by atoms with Crippen molar-refractivity contribution >= 4 is 23.2 Å². The molecule has 5 nitrogen and oxygen atoms in total. The molecule has 2 amide bonds. The van der Waals surface area contributed by atoms with Gasteiger partial charge in [-0.3, -0.25) is 9.59 Å². The van der Waals surface area contributed by atoms with Crippen molar-refractivity contribution in [2.75, 3.05) is 22.9 Å². The van der Waals surface area contributed by atoms with E-state index in [0.29, 0.717) is 12.3 Å². The number of aryl methyl sites for hydroxylation is 2. The Bertz CT molecular complexity index is 935. The molecular weight excluding hydrogens is 352 g/mol. The van der Waals surface area contributed by atoms with Crippen molar-refractivity contribution in [2.45, 2.75) is 45.6 Å². The predicted octanol–water partition coefficient (Wildman–Crippen LogP) is 3.87. The second-order valence-corrected chi connectivity index (χ2v) is 8.07. The molecule has 0 radical (unpaired) electrons. The van der Waals surface area contributed by atoms with Gasteiger partial charge in [0.25, 0.3) is 5.91 Å². The third-order valence-corrected chi connectivity index (χ3v) is 5.49. The fourth-order valence-corrected chi connectivity index (χ4v) is 4.03. The van der Waals surface area contributed by atoms with Crippen molar-refractivity contribution < 1.29 is 14.3 Å². The van der Waals surface area contributed by atoms with Gasteiger partial charge in [-0.15, -0.1) is 0 Å². The van der Waals surface area contributed by atoms with Crippen LogP contribution in [-0.4, -0.2) is 30.5 Å². The van der Waals surface area contributed by atoms with Gasteiger partial charge in [0.2, 0.25) is 5.91 Å². The van der Waals surface area contributed by atoms with Gasteiger partial charge in [0.1, 0.15) is 5.75 Å². The first-order chi connectivity index (χ1) is 13.4. The molecule has 4 rings (SSSR count). The standard InChI is InChI=1S/C23H26N2O3/c1-16-10-11-20-19(15-16)25(22(27)23(2,3)28-20)14-12-21(26)24-13-6-8-17-7-4-5-9-18(17)24/h4-5,7,9-11,15H,6,8,12-14H2,1-3H3. The summed E-state index contributed by atoms with van der Waals surface area (Å²) >= 11 is 0. The maximum Gasteiger partial charge on any atom is 0.270 e. The lowest BCUT2D eigenvalue weighted by molar-refractivity contribution is -0.132. The number of hydrogen-bond acceptors (Lipinski definition) is 3. The van der Waals surface area contributed by atoms with Crippen LogP contribution in [0.3, 0.4) is 0 Å². The number of amides is 2. The number of ether oxygens (including phenoxy) is 1. The van der Waals surface area contributed by atoms with E-state index in [1.807, 2.05) is 48.2 Å². The van der Waals surface area contributed by atoms with E-state index in [4.69, 9.17) is 4.74 Å². The Labute approximate surface area is 165 Å². The first-order valence-corrected chi connectivity index (χ1v) is 9.87. The lowest BCUT2D eigenvalue weighted by Crippen LogP contribution is -2.53. The van der Waals surface area contributed by atoms with Crippen molar-refractivity contribution in [3.63, 3.8) is 0 Å². The second kappa shape index (κ2) is 6.97. The Morgan fingerprint density at radius 1 is 1.14 bits per heavy atom. The number of hydrogen-bond donors (Lipinski definition) is 0. The minimum atomic E-state index is -0.941. The average molecular weight is 378 g/mol. The average Bonchev–Trinajstić information content (AvgIpc) is 2.68. The first kappa shape index (κ1) is 18.5. The van der Waals surface area contributed by atoms with E-state index >= 15 is 0 Å². The van der Waals surface area contributed by atoms with Crippen LogP contribution in [0.2, 0.25) is 0 Å². The number of rotatable bonds is 3. The molecule has 5 heteroatoms. The van der Waals surface area contributed by atoms with Gasteiger partial charge in [-0.2, -0.15) is 0 Å². The van der Waals surface area contributed by atoms with Crippen molar-refractivity contribution in [3.8, 4) is 5.75 Å². The summed E-state index contributed by atoms with van der Waals surface area (Å²) in [6.45, 7) is 6.60. The predicted molar refractivity (Wildman–Crippen MR) is 110 cm³/mol. The Hall–Kier alpha value is -2.82. The molecule has 2 aromatic carbocycles. The highest BCUT2D eigenvalue weighted by atomic mass is 16.5. The summed E-state index contributed by atoms with van der Waals surface area (Å²) in [4.78, 5) is 29.6. The van der Waals surface area contributed by atoms with Crippen molar-refractivity contribution in [1.82, 2.24) is 0 Å². The first-order valence-electron chi connectivity index (χ1n) is 9.87. The minimum absolute atomic E-state index is 0.0541. The molecule has 0 aromatic heterocycles.